The van der Waals surface area contributed by atoms with Crippen LogP contribution in [0.3, 0.4) is 0 Å². The molecule has 0 bridgehead atoms. The molecule has 1 aliphatic rings. The number of thiazole rings is 1. The van der Waals surface area contributed by atoms with Crippen molar-refractivity contribution in [2.45, 2.75) is 38.6 Å². The maximum absolute atomic E-state index is 12.6. The number of amides is 4. The van der Waals surface area contributed by atoms with Crippen molar-refractivity contribution in [3.8, 4) is 0 Å². The quantitative estimate of drug-likeness (QED) is 0.477. The van der Waals surface area contributed by atoms with Gasteiger partial charge in [0.1, 0.15) is 6.04 Å². The third-order valence-corrected chi connectivity index (χ3v) is 6.04. The van der Waals surface area contributed by atoms with E-state index in [1.165, 1.54) is 18.4 Å². The molecule has 4 amide bonds. The van der Waals surface area contributed by atoms with Crippen molar-refractivity contribution in [1.29, 1.82) is 0 Å². The van der Waals surface area contributed by atoms with Gasteiger partial charge in [-0.25, -0.2) is 14.6 Å². The topological polar surface area (TPSA) is 118 Å². The lowest BCUT2D eigenvalue weighted by Gasteiger charge is -2.12. The number of hydrogen-bond donors (Lipinski definition) is 2. The van der Waals surface area contributed by atoms with Gasteiger partial charge in [0.25, 0.3) is 5.91 Å². The highest BCUT2D eigenvalue weighted by Gasteiger charge is 2.38. The van der Waals surface area contributed by atoms with Crippen LogP contribution in [-0.4, -0.2) is 53.4 Å². The molecule has 10 heteroatoms. The van der Waals surface area contributed by atoms with Crippen molar-refractivity contribution in [2.75, 3.05) is 19.0 Å². The summed E-state index contributed by atoms with van der Waals surface area (Å²) in [6.45, 7) is 4.05. The lowest BCUT2D eigenvalue weighted by atomic mass is 10.1. The molecule has 0 unspecified atom stereocenters. The Hall–Kier alpha value is -3.27. The van der Waals surface area contributed by atoms with E-state index in [9.17, 15) is 19.2 Å². The number of nitrogens with zero attached hydrogens (tertiary/aromatic N) is 2. The molecule has 0 spiro atoms. The van der Waals surface area contributed by atoms with E-state index in [2.05, 4.69) is 15.6 Å². The molecule has 0 saturated carbocycles. The highest BCUT2D eigenvalue weighted by Crippen LogP contribution is 2.30. The number of esters is 1. The molecular formula is C21H24N4O5S. The first-order valence-electron chi connectivity index (χ1n) is 9.84. The Balaban J connectivity index is 1.60. The Labute approximate surface area is 183 Å². The smallest absolute Gasteiger partial charge is 0.357 e. The van der Waals surface area contributed by atoms with Crippen molar-refractivity contribution < 1.29 is 23.9 Å². The summed E-state index contributed by atoms with van der Waals surface area (Å²) in [5, 5.41) is 5.41. The molecule has 3 rings (SSSR count). The summed E-state index contributed by atoms with van der Waals surface area (Å²) in [7, 11) is 1.27. The van der Waals surface area contributed by atoms with Crippen LogP contribution < -0.4 is 10.6 Å². The standard InChI is InChI=1S/C21H24N4O5S/c1-12(2)17-16(19(28)30-3)24-20(31-17)23-15(26)11-14-18(27)25(21(29)22-14)10-9-13-7-5-4-6-8-13/h4-8,12,14H,9-11H2,1-3H3,(H,22,29)(H,23,24,26)/t14-/m0/s1. The zero-order valence-electron chi connectivity index (χ0n) is 17.5. The van der Waals surface area contributed by atoms with Crippen LogP contribution in [0, 0.1) is 0 Å². The van der Waals surface area contributed by atoms with Crippen LogP contribution >= 0.6 is 11.3 Å². The summed E-state index contributed by atoms with van der Waals surface area (Å²) in [4.78, 5) is 55.1. The van der Waals surface area contributed by atoms with E-state index >= 15 is 0 Å². The van der Waals surface area contributed by atoms with Crippen LogP contribution in [-0.2, 0) is 20.7 Å². The number of aromatic nitrogens is 1. The second-order valence-corrected chi connectivity index (χ2v) is 8.39. The molecule has 1 atom stereocenters. The van der Waals surface area contributed by atoms with Gasteiger partial charge in [-0.15, -0.1) is 11.3 Å². The number of imide groups is 1. The van der Waals surface area contributed by atoms with Gasteiger partial charge in [-0.2, -0.15) is 0 Å². The summed E-state index contributed by atoms with van der Waals surface area (Å²) in [6.07, 6.45) is 0.308. The Morgan fingerprint density at radius 3 is 2.61 bits per heavy atom. The lowest BCUT2D eigenvalue weighted by Crippen LogP contribution is -2.34. The molecule has 164 valence electrons. The van der Waals surface area contributed by atoms with E-state index in [1.807, 2.05) is 44.2 Å². The number of ether oxygens (including phenoxy) is 1. The molecule has 1 aliphatic heterocycles. The highest BCUT2D eigenvalue weighted by atomic mass is 32.1. The SMILES string of the molecule is COC(=O)c1nc(NC(=O)C[C@@H]2NC(=O)N(CCc3ccccc3)C2=O)sc1C(C)C. The first kappa shape index (κ1) is 22.4. The monoisotopic (exact) mass is 444 g/mol. The lowest BCUT2D eigenvalue weighted by molar-refractivity contribution is -0.129. The predicted octanol–water partition coefficient (Wildman–Crippen LogP) is 2.54. The van der Waals surface area contributed by atoms with E-state index < -0.39 is 29.9 Å². The van der Waals surface area contributed by atoms with E-state index in [-0.39, 0.29) is 29.7 Å². The molecule has 0 aliphatic carbocycles. The molecule has 2 heterocycles. The Bertz CT molecular complexity index is 989. The van der Waals surface area contributed by atoms with Gasteiger partial charge in [0, 0.05) is 11.4 Å². The molecule has 1 saturated heterocycles. The molecule has 2 N–H and O–H groups in total. The summed E-state index contributed by atoms with van der Waals surface area (Å²) < 4.78 is 4.74. The molecule has 2 aromatic rings. The summed E-state index contributed by atoms with van der Waals surface area (Å²) in [5.41, 5.74) is 1.17. The Morgan fingerprint density at radius 2 is 1.97 bits per heavy atom. The second kappa shape index (κ2) is 9.69. The molecule has 1 fully saturated rings. The number of anilines is 1. The van der Waals surface area contributed by atoms with Crippen LogP contribution in [0.1, 0.15) is 47.1 Å². The second-order valence-electron chi connectivity index (χ2n) is 7.36. The number of methoxy groups -OCH3 is 1. The third-order valence-electron chi connectivity index (χ3n) is 4.77. The largest absolute Gasteiger partial charge is 0.464 e. The summed E-state index contributed by atoms with van der Waals surface area (Å²) in [5.74, 6) is -1.48. The van der Waals surface area contributed by atoms with Crippen molar-refractivity contribution in [2.24, 2.45) is 0 Å². The van der Waals surface area contributed by atoms with Gasteiger partial charge in [0.05, 0.1) is 13.5 Å². The Kier molecular flexibility index (Phi) is 7.01. The maximum atomic E-state index is 12.6. The fourth-order valence-corrected chi connectivity index (χ4v) is 4.16. The van der Waals surface area contributed by atoms with E-state index in [1.54, 1.807) is 0 Å². The normalized spacial score (nSPS) is 15.9. The fourth-order valence-electron chi connectivity index (χ4n) is 3.19. The minimum Gasteiger partial charge on any atom is -0.464 e. The van der Waals surface area contributed by atoms with Gasteiger partial charge >= 0.3 is 12.0 Å². The van der Waals surface area contributed by atoms with Gasteiger partial charge in [-0.1, -0.05) is 44.2 Å². The molecule has 1 aromatic carbocycles. The number of nitrogens with one attached hydrogen (secondary N) is 2. The maximum Gasteiger partial charge on any atom is 0.357 e. The van der Waals surface area contributed by atoms with Crippen LogP contribution in [0.25, 0.3) is 0 Å². The van der Waals surface area contributed by atoms with Crippen LogP contribution in [0.15, 0.2) is 30.3 Å². The Morgan fingerprint density at radius 1 is 1.26 bits per heavy atom. The van der Waals surface area contributed by atoms with Gasteiger partial charge in [-0.3, -0.25) is 14.5 Å². The van der Waals surface area contributed by atoms with Gasteiger partial charge in [0.15, 0.2) is 10.8 Å². The van der Waals surface area contributed by atoms with Crippen molar-refractivity contribution in [3.63, 3.8) is 0 Å². The molecule has 31 heavy (non-hydrogen) atoms. The van der Waals surface area contributed by atoms with E-state index in [0.717, 1.165) is 10.5 Å². The molecular weight excluding hydrogens is 420 g/mol. The predicted molar refractivity (Wildman–Crippen MR) is 115 cm³/mol. The average Bonchev–Trinajstić information content (AvgIpc) is 3.28. The zero-order valence-corrected chi connectivity index (χ0v) is 18.3. The fraction of sp³-hybridized carbons (Fsp3) is 0.381. The molecule has 9 nitrogen and oxygen atoms in total. The molecule has 1 aromatic heterocycles. The number of carbonyl (C=O) groups is 4. The minimum absolute atomic E-state index is 0.0196. The van der Waals surface area contributed by atoms with Crippen LogP contribution in [0.5, 0.6) is 0 Å². The number of urea groups is 1. The number of hydrogen-bond acceptors (Lipinski definition) is 7. The van der Waals surface area contributed by atoms with Gasteiger partial charge in [-0.05, 0) is 17.9 Å². The number of carbonyl (C=O) groups excluding carboxylic acids is 4. The summed E-state index contributed by atoms with van der Waals surface area (Å²) in [6, 6.07) is 8.08. The van der Waals surface area contributed by atoms with Crippen molar-refractivity contribution in [3.05, 3.63) is 46.5 Å². The van der Waals surface area contributed by atoms with Crippen LogP contribution in [0.4, 0.5) is 9.93 Å². The van der Waals surface area contributed by atoms with E-state index in [4.69, 9.17) is 4.74 Å². The molecule has 0 radical (unpaired) electrons. The first-order valence-corrected chi connectivity index (χ1v) is 10.7. The highest BCUT2D eigenvalue weighted by molar-refractivity contribution is 7.16. The van der Waals surface area contributed by atoms with Crippen molar-refractivity contribution >= 4 is 40.3 Å². The summed E-state index contributed by atoms with van der Waals surface area (Å²) >= 11 is 1.18. The minimum atomic E-state index is -0.937. The van der Waals surface area contributed by atoms with Crippen LogP contribution in [0.2, 0.25) is 0 Å². The zero-order chi connectivity index (χ0) is 22.5. The average molecular weight is 445 g/mol. The van der Waals surface area contributed by atoms with Gasteiger partial charge in [0.2, 0.25) is 5.91 Å². The number of benzene rings is 1. The third kappa shape index (κ3) is 5.26. The van der Waals surface area contributed by atoms with Gasteiger partial charge < -0.3 is 15.4 Å². The first-order chi connectivity index (χ1) is 14.8. The van der Waals surface area contributed by atoms with Crippen molar-refractivity contribution in [1.82, 2.24) is 15.2 Å². The number of rotatable bonds is 8. The van der Waals surface area contributed by atoms with E-state index in [0.29, 0.717) is 11.3 Å².